The molecule has 4 nitrogen and oxygen atoms in total. The summed E-state index contributed by atoms with van der Waals surface area (Å²) in [6.07, 6.45) is 2.85. The van der Waals surface area contributed by atoms with E-state index >= 15 is 0 Å². The Morgan fingerprint density at radius 3 is 2.58 bits per heavy atom. The van der Waals surface area contributed by atoms with Crippen LogP contribution >= 0.6 is 22.9 Å². The zero-order valence-corrected chi connectivity index (χ0v) is 14.5. The number of amides is 1. The molecular formula is C18H16ClNO3S. The van der Waals surface area contributed by atoms with E-state index in [9.17, 15) is 9.59 Å². The first-order valence-corrected chi connectivity index (χ1v) is 8.77. The molecule has 0 saturated carbocycles. The van der Waals surface area contributed by atoms with Crippen LogP contribution in [0.25, 0.3) is 5.57 Å². The monoisotopic (exact) mass is 361 g/mol. The molecule has 1 amide bonds. The second-order valence-electron chi connectivity index (χ2n) is 5.37. The van der Waals surface area contributed by atoms with E-state index in [2.05, 4.69) is 18.2 Å². The lowest BCUT2D eigenvalue weighted by Crippen LogP contribution is -2.37. The van der Waals surface area contributed by atoms with Gasteiger partial charge in [0.25, 0.3) is 5.91 Å². The van der Waals surface area contributed by atoms with E-state index in [-0.39, 0.29) is 12.5 Å². The fourth-order valence-electron chi connectivity index (χ4n) is 2.52. The summed E-state index contributed by atoms with van der Waals surface area (Å²) in [5.41, 5.74) is 2.43. The van der Waals surface area contributed by atoms with Gasteiger partial charge in [-0.25, -0.2) is 4.79 Å². The summed E-state index contributed by atoms with van der Waals surface area (Å²) in [5.74, 6) is -0.702. The van der Waals surface area contributed by atoms with Gasteiger partial charge in [0.15, 0.2) is 6.61 Å². The average molecular weight is 362 g/mol. The number of hydrogen-bond acceptors (Lipinski definition) is 4. The Balaban J connectivity index is 1.52. The lowest BCUT2D eigenvalue weighted by Gasteiger charge is -2.26. The second kappa shape index (κ2) is 7.64. The fraction of sp³-hybridized carbons (Fsp3) is 0.222. The van der Waals surface area contributed by atoms with Crippen molar-refractivity contribution in [2.45, 2.75) is 6.42 Å². The van der Waals surface area contributed by atoms with E-state index < -0.39 is 5.97 Å². The van der Waals surface area contributed by atoms with Crippen LogP contribution in [0.3, 0.4) is 0 Å². The van der Waals surface area contributed by atoms with Gasteiger partial charge in [-0.2, -0.15) is 0 Å². The number of ether oxygens (including phenoxy) is 1. The summed E-state index contributed by atoms with van der Waals surface area (Å²) in [4.78, 5) is 26.1. The van der Waals surface area contributed by atoms with Crippen molar-refractivity contribution in [1.82, 2.24) is 4.90 Å². The maximum absolute atomic E-state index is 12.2. The topological polar surface area (TPSA) is 46.6 Å². The smallest absolute Gasteiger partial charge is 0.348 e. The van der Waals surface area contributed by atoms with E-state index in [4.69, 9.17) is 16.3 Å². The van der Waals surface area contributed by atoms with Gasteiger partial charge in [-0.05, 0) is 29.7 Å². The number of carbonyl (C=O) groups excluding carboxylic acids is 2. The van der Waals surface area contributed by atoms with Crippen molar-refractivity contribution in [2.24, 2.45) is 0 Å². The van der Waals surface area contributed by atoms with Gasteiger partial charge >= 0.3 is 5.97 Å². The molecule has 1 aromatic heterocycles. The van der Waals surface area contributed by atoms with E-state index in [0.717, 1.165) is 17.8 Å². The summed E-state index contributed by atoms with van der Waals surface area (Å²) in [7, 11) is 0. The summed E-state index contributed by atoms with van der Waals surface area (Å²) in [6.45, 7) is 0.913. The summed E-state index contributed by atoms with van der Waals surface area (Å²) >= 11 is 6.92. The Morgan fingerprint density at radius 1 is 1.17 bits per heavy atom. The zero-order valence-electron chi connectivity index (χ0n) is 12.9. The molecule has 2 aromatic rings. The van der Waals surface area contributed by atoms with Crippen LogP contribution in [0.15, 0.2) is 48.5 Å². The number of benzene rings is 1. The van der Waals surface area contributed by atoms with E-state index in [1.165, 1.54) is 11.1 Å². The molecule has 0 spiro atoms. The van der Waals surface area contributed by atoms with Crippen LogP contribution in [-0.2, 0) is 9.53 Å². The number of halogens is 1. The van der Waals surface area contributed by atoms with Crippen LogP contribution in [0.5, 0.6) is 0 Å². The van der Waals surface area contributed by atoms with Crippen molar-refractivity contribution in [2.75, 3.05) is 19.7 Å². The summed E-state index contributed by atoms with van der Waals surface area (Å²) < 4.78 is 5.59. The molecule has 0 unspecified atom stereocenters. The minimum absolute atomic E-state index is 0.186. The first-order valence-electron chi connectivity index (χ1n) is 7.58. The van der Waals surface area contributed by atoms with Crippen LogP contribution in [0.1, 0.15) is 21.7 Å². The van der Waals surface area contributed by atoms with Gasteiger partial charge in [0.2, 0.25) is 0 Å². The Labute approximate surface area is 149 Å². The number of thiophene rings is 1. The Hall–Kier alpha value is -2.11. The molecule has 0 atom stereocenters. The molecule has 0 N–H and O–H groups in total. The predicted molar refractivity (Wildman–Crippen MR) is 95.2 cm³/mol. The molecule has 1 aliphatic rings. The summed E-state index contributed by atoms with van der Waals surface area (Å²) in [6, 6.07) is 13.3. The van der Waals surface area contributed by atoms with Gasteiger partial charge < -0.3 is 9.64 Å². The largest absolute Gasteiger partial charge is 0.451 e. The van der Waals surface area contributed by atoms with Gasteiger partial charge in [0.1, 0.15) is 4.88 Å². The maximum atomic E-state index is 12.2. The van der Waals surface area contributed by atoms with Gasteiger partial charge in [-0.3, -0.25) is 4.79 Å². The molecule has 0 fully saturated rings. The van der Waals surface area contributed by atoms with Crippen molar-refractivity contribution in [3.63, 3.8) is 0 Å². The highest BCUT2D eigenvalue weighted by Gasteiger charge is 2.20. The molecule has 1 aliphatic heterocycles. The predicted octanol–water partition coefficient (Wildman–Crippen LogP) is 3.87. The molecule has 0 saturated heterocycles. The Morgan fingerprint density at radius 2 is 1.96 bits per heavy atom. The zero-order chi connectivity index (χ0) is 16.9. The number of rotatable bonds is 4. The average Bonchev–Trinajstić information content (AvgIpc) is 3.07. The van der Waals surface area contributed by atoms with Crippen LogP contribution in [-0.4, -0.2) is 36.5 Å². The van der Waals surface area contributed by atoms with Crippen molar-refractivity contribution < 1.29 is 14.3 Å². The number of hydrogen-bond donors (Lipinski definition) is 0. The minimum Gasteiger partial charge on any atom is -0.451 e. The molecule has 0 aliphatic carbocycles. The molecule has 124 valence electrons. The standard InChI is InChI=1S/C18H16ClNO3S/c19-16-7-6-15(24-16)18(22)23-12-17(21)20-10-8-14(9-11-20)13-4-2-1-3-5-13/h1-8H,9-12H2. The van der Waals surface area contributed by atoms with Crippen molar-refractivity contribution in [1.29, 1.82) is 0 Å². The highest BCUT2D eigenvalue weighted by atomic mass is 35.5. The highest BCUT2D eigenvalue weighted by molar-refractivity contribution is 7.17. The second-order valence-corrected chi connectivity index (χ2v) is 7.08. The van der Waals surface area contributed by atoms with E-state index in [1.54, 1.807) is 17.0 Å². The van der Waals surface area contributed by atoms with Crippen LogP contribution < -0.4 is 0 Å². The fourth-order valence-corrected chi connectivity index (χ4v) is 3.46. The van der Waals surface area contributed by atoms with E-state index in [0.29, 0.717) is 22.3 Å². The molecule has 2 heterocycles. The molecule has 6 heteroatoms. The quantitative estimate of drug-likeness (QED) is 0.776. The summed E-state index contributed by atoms with van der Waals surface area (Å²) in [5, 5.41) is 0. The van der Waals surface area contributed by atoms with Crippen molar-refractivity contribution >= 4 is 40.4 Å². The third-order valence-electron chi connectivity index (χ3n) is 3.81. The third kappa shape index (κ3) is 4.04. The Bertz CT molecular complexity index is 770. The van der Waals surface area contributed by atoms with E-state index in [1.807, 2.05) is 18.2 Å². The molecule has 0 bridgehead atoms. The highest BCUT2D eigenvalue weighted by Crippen LogP contribution is 2.23. The first-order chi connectivity index (χ1) is 11.6. The van der Waals surface area contributed by atoms with Gasteiger partial charge in [-0.15, -0.1) is 11.3 Å². The van der Waals surface area contributed by atoms with Crippen LogP contribution in [0, 0.1) is 0 Å². The number of carbonyl (C=O) groups is 2. The lowest BCUT2D eigenvalue weighted by atomic mass is 10.00. The molecule has 24 heavy (non-hydrogen) atoms. The molecular weight excluding hydrogens is 346 g/mol. The molecule has 1 aromatic carbocycles. The van der Waals surface area contributed by atoms with Crippen molar-refractivity contribution in [3.8, 4) is 0 Å². The minimum atomic E-state index is -0.516. The van der Waals surface area contributed by atoms with Crippen LogP contribution in [0.4, 0.5) is 0 Å². The third-order valence-corrected chi connectivity index (χ3v) is 5.02. The van der Waals surface area contributed by atoms with Gasteiger partial charge in [-0.1, -0.05) is 48.0 Å². The molecule has 0 radical (unpaired) electrons. The normalized spacial score (nSPS) is 14.2. The number of esters is 1. The van der Waals surface area contributed by atoms with Crippen LogP contribution in [0.2, 0.25) is 4.34 Å². The number of nitrogens with zero attached hydrogens (tertiary/aromatic N) is 1. The van der Waals surface area contributed by atoms with Gasteiger partial charge in [0.05, 0.1) is 4.34 Å². The maximum Gasteiger partial charge on any atom is 0.348 e. The first kappa shape index (κ1) is 16.7. The lowest BCUT2D eigenvalue weighted by molar-refractivity contribution is -0.134. The van der Waals surface area contributed by atoms with Gasteiger partial charge in [0, 0.05) is 13.1 Å². The SMILES string of the molecule is O=C(OCC(=O)N1CC=C(c2ccccc2)CC1)c1ccc(Cl)s1. The molecule has 3 rings (SSSR count). The van der Waals surface area contributed by atoms with Crippen molar-refractivity contribution in [3.05, 3.63) is 63.3 Å². The Kier molecular flexibility index (Phi) is 5.33.